The van der Waals surface area contributed by atoms with Crippen molar-refractivity contribution in [1.82, 2.24) is 0 Å². The van der Waals surface area contributed by atoms with Gasteiger partial charge in [0.15, 0.2) is 0 Å². The molecule has 3 rings (SSSR count). The van der Waals surface area contributed by atoms with E-state index in [-0.39, 0.29) is 4.90 Å². The smallest absolute Gasteiger partial charge is 0.241 e. The van der Waals surface area contributed by atoms with Gasteiger partial charge in [0.05, 0.1) is 11.6 Å². The Bertz CT molecular complexity index is 964. The van der Waals surface area contributed by atoms with Gasteiger partial charge in [-0.1, -0.05) is 18.2 Å². The van der Waals surface area contributed by atoms with Crippen LogP contribution in [0.5, 0.6) is 0 Å². The van der Waals surface area contributed by atoms with Gasteiger partial charge < -0.3 is 4.42 Å². The first-order valence-corrected chi connectivity index (χ1v) is 7.58. The van der Waals surface area contributed by atoms with Gasteiger partial charge in [-0.05, 0) is 35.4 Å². The van der Waals surface area contributed by atoms with Crippen molar-refractivity contribution in [2.75, 3.05) is 0 Å². The largest absolute Gasteiger partial charge is 0.463 e. The topological polar surface area (TPSA) is 97.1 Å². The zero-order valence-electron chi connectivity index (χ0n) is 10.8. The summed E-state index contributed by atoms with van der Waals surface area (Å²) in [5, 5.41) is 14.4. The predicted octanol–water partition coefficient (Wildman–Crippen LogP) is 2.62. The lowest BCUT2D eigenvalue weighted by Gasteiger charge is -2.02. The van der Waals surface area contributed by atoms with E-state index < -0.39 is 10.0 Å². The molecule has 1 aromatic heterocycles. The van der Waals surface area contributed by atoms with Crippen LogP contribution < -0.4 is 5.14 Å². The average molecular weight is 298 g/mol. The van der Waals surface area contributed by atoms with E-state index in [1.165, 1.54) is 0 Å². The standard InChI is InChI=1S/C15H10N2O3S/c16-8-10-1-3-11(4-2-10)12-5-6-13-14(7-12)20-9-15(13)21(17,18)19/h1-7,9H,(H2,17,18,19). The van der Waals surface area contributed by atoms with E-state index in [0.717, 1.165) is 17.4 Å². The van der Waals surface area contributed by atoms with Gasteiger partial charge in [-0.25, -0.2) is 13.6 Å². The third-order valence-corrected chi connectivity index (χ3v) is 4.12. The number of nitrogens with two attached hydrogens (primary N) is 1. The summed E-state index contributed by atoms with van der Waals surface area (Å²) in [6, 6.07) is 14.3. The maximum Gasteiger partial charge on any atom is 0.241 e. The molecule has 0 saturated heterocycles. The zero-order chi connectivity index (χ0) is 15.0. The molecule has 0 fully saturated rings. The second-order valence-electron chi connectivity index (χ2n) is 4.55. The van der Waals surface area contributed by atoms with Crippen molar-refractivity contribution >= 4 is 21.0 Å². The molecule has 2 aromatic carbocycles. The Morgan fingerprint density at radius 2 is 1.71 bits per heavy atom. The minimum Gasteiger partial charge on any atom is -0.463 e. The molecule has 104 valence electrons. The summed E-state index contributed by atoms with van der Waals surface area (Å²) in [7, 11) is -3.80. The van der Waals surface area contributed by atoms with Gasteiger partial charge in [0, 0.05) is 5.39 Å². The van der Waals surface area contributed by atoms with Gasteiger partial charge in [0.25, 0.3) is 0 Å². The van der Waals surface area contributed by atoms with E-state index >= 15 is 0 Å². The third kappa shape index (κ3) is 2.40. The molecule has 0 bridgehead atoms. The van der Waals surface area contributed by atoms with Crippen LogP contribution in [0.2, 0.25) is 0 Å². The minimum atomic E-state index is -3.80. The summed E-state index contributed by atoms with van der Waals surface area (Å²) in [5.74, 6) is 0. The van der Waals surface area contributed by atoms with Crippen LogP contribution in [0.4, 0.5) is 0 Å². The second-order valence-corrected chi connectivity index (χ2v) is 6.07. The molecule has 3 aromatic rings. The highest BCUT2D eigenvalue weighted by Gasteiger charge is 2.16. The molecular weight excluding hydrogens is 288 g/mol. The quantitative estimate of drug-likeness (QED) is 0.786. The van der Waals surface area contributed by atoms with Gasteiger partial charge in [-0.3, -0.25) is 0 Å². The first-order chi connectivity index (χ1) is 9.99. The first-order valence-electron chi connectivity index (χ1n) is 6.03. The molecule has 21 heavy (non-hydrogen) atoms. The molecule has 0 aliphatic carbocycles. The average Bonchev–Trinajstić information content (AvgIpc) is 2.90. The van der Waals surface area contributed by atoms with Crippen molar-refractivity contribution < 1.29 is 12.8 Å². The lowest BCUT2D eigenvalue weighted by Crippen LogP contribution is -2.11. The Morgan fingerprint density at radius 1 is 1.05 bits per heavy atom. The number of sulfonamides is 1. The molecule has 1 heterocycles. The molecule has 0 radical (unpaired) electrons. The molecule has 0 unspecified atom stereocenters. The van der Waals surface area contributed by atoms with Crippen molar-refractivity contribution in [3.63, 3.8) is 0 Å². The van der Waals surface area contributed by atoms with E-state index in [9.17, 15) is 8.42 Å². The van der Waals surface area contributed by atoms with E-state index in [1.807, 2.05) is 12.1 Å². The molecular formula is C15H10N2O3S. The van der Waals surface area contributed by atoms with E-state index in [2.05, 4.69) is 6.07 Å². The summed E-state index contributed by atoms with van der Waals surface area (Å²) in [6.07, 6.45) is 1.14. The summed E-state index contributed by atoms with van der Waals surface area (Å²) in [5.41, 5.74) is 2.79. The molecule has 0 amide bonds. The predicted molar refractivity (Wildman–Crippen MR) is 77.7 cm³/mol. The molecule has 0 aliphatic rings. The Kier molecular flexibility index (Phi) is 3.01. The fourth-order valence-electron chi connectivity index (χ4n) is 2.14. The number of hydrogen-bond donors (Lipinski definition) is 1. The number of furan rings is 1. The third-order valence-electron chi connectivity index (χ3n) is 3.19. The Labute approximate surface area is 121 Å². The van der Waals surface area contributed by atoms with Gasteiger partial charge in [0.1, 0.15) is 16.7 Å². The van der Waals surface area contributed by atoms with Gasteiger partial charge in [-0.15, -0.1) is 0 Å². The maximum absolute atomic E-state index is 11.4. The minimum absolute atomic E-state index is 0.0242. The van der Waals surface area contributed by atoms with Crippen LogP contribution in [-0.2, 0) is 10.0 Å². The van der Waals surface area contributed by atoms with Crippen molar-refractivity contribution in [2.45, 2.75) is 4.90 Å². The van der Waals surface area contributed by atoms with Crippen LogP contribution in [0, 0.1) is 11.3 Å². The molecule has 2 N–H and O–H groups in total. The number of benzene rings is 2. The highest BCUT2D eigenvalue weighted by molar-refractivity contribution is 7.89. The van der Waals surface area contributed by atoms with Crippen molar-refractivity contribution in [2.24, 2.45) is 5.14 Å². The van der Waals surface area contributed by atoms with Crippen molar-refractivity contribution in [3.05, 3.63) is 54.3 Å². The fraction of sp³-hybridized carbons (Fsp3) is 0. The summed E-state index contributed by atoms with van der Waals surface area (Å²) in [6.45, 7) is 0. The second kappa shape index (κ2) is 4.74. The monoisotopic (exact) mass is 298 g/mol. The van der Waals surface area contributed by atoms with E-state index in [1.54, 1.807) is 30.3 Å². The van der Waals surface area contributed by atoms with E-state index in [4.69, 9.17) is 14.8 Å². The fourth-order valence-corrected chi connectivity index (χ4v) is 2.80. The molecule has 0 saturated carbocycles. The van der Waals surface area contributed by atoms with Gasteiger partial charge in [0.2, 0.25) is 10.0 Å². The van der Waals surface area contributed by atoms with Gasteiger partial charge in [-0.2, -0.15) is 5.26 Å². The van der Waals surface area contributed by atoms with Crippen LogP contribution in [0.25, 0.3) is 22.1 Å². The Hall–Kier alpha value is -2.62. The molecule has 5 nitrogen and oxygen atoms in total. The van der Waals surface area contributed by atoms with Crippen LogP contribution in [0.1, 0.15) is 5.56 Å². The summed E-state index contributed by atoms with van der Waals surface area (Å²) < 4.78 is 28.1. The summed E-state index contributed by atoms with van der Waals surface area (Å²) >= 11 is 0. The molecule has 6 heteroatoms. The number of primary sulfonamides is 1. The maximum atomic E-state index is 11.4. The number of nitrogens with zero attached hydrogens (tertiary/aromatic N) is 1. The zero-order valence-corrected chi connectivity index (χ0v) is 11.6. The van der Waals surface area contributed by atoms with Crippen LogP contribution in [0.15, 0.2) is 58.0 Å². The number of fused-ring (bicyclic) bond motifs is 1. The number of rotatable bonds is 2. The van der Waals surface area contributed by atoms with E-state index in [0.29, 0.717) is 16.5 Å². The summed E-state index contributed by atoms with van der Waals surface area (Å²) in [4.78, 5) is -0.0242. The number of hydrogen-bond acceptors (Lipinski definition) is 4. The lowest BCUT2D eigenvalue weighted by molar-refractivity contribution is 0.585. The molecule has 0 atom stereocenters. The normalized spacial score (nSPS) is 11.4. The Morgan fingerprint density at radius 3 is 2.33 bits per heavy atom. The number of nitriles is 1. The van der Waals surface area contributed by atoms with Crippen LogP contribution in [0.3, 0.4) is 0 Å². The highest BCUT2D eigenvalue weighted by atomic mass is 32.2. The highest BCUT2D eigenvalue weighted by Crippen LogP contribution is 2.29. The first kappa shape index (κ1) is 13.4. The van der Waals surface area contributed by atoms with Crippen molar-refractivity contribution in [1.29, 1.82) is 5.26 Å². The molecule has 0 spiro atoms. The van der Waals surface area contributed by atoms with Crippen LogP contribution >= 0.6 is 0 Å². The lowest BCUT2D eigenvalue weighted by atomic mass is 10.0. The molecule has 0 aliphatic heterocycles. The van der Waals surface area contributed by atoms with Crippen LogP contribution in [-0.4, -0.2) is 8.42 Å². The van der Waals surface area contributed by atoms with Crippen molar-refractivity contribution in [3.8, 4) is 17.2 Å². The van der Waals surface area contributed by atoms with Gasteiger partial charge >= 0.3 is 0 Å². The Balaban J connectivity index is 2.12. The SMILES string of the molecule is N#Cc1ccc(-c2ccc3c(S(N)(=O)=O)coc3c2)cc1.